The van der Waals surface area contributed by atoms with Gasteiger partial charge in [0.15, 0.2) is 5.65 Å². The Labute approximate surface area is 188 Å². The molecule has 10 nitrogen and oxygen atoms in total. The summed E-state index contributed by atoms with van der Waals surface area (Å²) in [5, 5.41) is 17.7. The molecule has 0 radical (unpaired) electrons. The molecule has 2 aromatic heterocycles. The predicted molar refractivity (Wildman–Crippen MR) is 112 cm³/mol. The van der Waals surface area contributed by atoms with Gasteiger partial charge in [-0.2, -0.15) is 18.3 Å². The molecule has 2 aromatic rings. The van der Waals surface area contributed by atoms with Gasteiger partial charge in [0.25, 0.3) is 0 Å². The number of rotatable bonds is 4. The minimum absolute atomic E-state index is 0.0550. The lowest BCUT2D eigenvalue weighted by molar-refractivity contribution is -0.192. The number of aliphatic carboxylic acids is 1. The van der Waals surface area contributed by atoms with Gasteiger partial charge in [-0.1, -0.05) is 0 Å². The van der Waals surface area contributed by atoms with Crippen molar-refractivity contribution in [2.24, 2.45) is 5.92 Å². The zero-order valence-corrected chi connectivity index (χ0v) is 18.1. The molecule has 1 unspecified atom stereocenters. The van der Waals surface area contributed by atoms with Gasteiger partial charge in [0.2, 0.25) is 0 Å². The van der Waals surface area contributed by atoms with Crippen molar-refractivity contribution in [1.82, 2.24) is 24.8 Å². The number of carboxylic acids is 1. The van der Waals surface area contributed by atoms with Crippen molar-refractivity contribution in [3.05, 3.63) is 24.2 Å². The lowest BCUT2D eigenvalue weighted by atomic mass is 9.98. The summed E-state index contributed by atoms with van der Waals surface area (Å²) < 4.78 is 39.4. The lowest BCUT2D eigenvalue weighted by Gasteiger charge is -2.32. The lowest BCUT2D eigenvalue weighted by Crippen LogP contribution is -2.42. The van der Waals surface area contributed by atoms with Crippen LogP contribution in [-0.2, 0) is 9.53 Å². The van der Waals surface area contributed by atoms with Crippen molar-refractivity contribution in [3.63, 3.8) is 0 Å². The fraction of sp³-hybridized carbons (Fsp3) is 0.600. The minimum atomic E-state index is -5.08. The van der Waals surface area contributed by atoms with E-state index >= 15 is 0 Å². The van der Waals surface area contributed by atoms with E-state index < -0.39 is 12.1 Å². The zero-order valence-electron chi connectivity index (χ0n) is 18.1. The second kappa shape index (κ2) is 10.8. The topological polar surface area (TPSA) is 121 Å². The highest BCUT2D eigenvalue weighted by atomic mass is 19.4. The maximum absolute atomic E-state index is 12.5. The molecule has 0 spiro atoms. The SMILES string of the molecule is Cc1nc2ccc(NC(=O)N3CCC(COC4CCNC4)CC3)cn2n1.O=C(O)C(F)(F)F. The summed E-state index contributed by atoms with van der Waals surface area (Å²) in [4.78, 5) is 27.6. The van der Waals surface area contributed by atoms with Crippen molar-refractivity contribution in [3.8, 4) is 0 Å². The number of carbonyl (C=O) groups is 2. The average molecular weight is 472 g/mol. The fourth-order valence-corrected chi connectivity index (χ4v) is 3.62. The number of pyridine rings is 1. The molecule has 0 bridgehead atoms. The number of aromatic nitrogens is 3. The number of carboxylic acid groups (broad SMARTS) is 1. The van der Waals surface area contributed by atoms with Crippen molar-refractivity contribution >= 4 is 23.3 Å². The third kappa shape index (κ3) is 7.29. The van der Waals surface area contributed by atoms with E-state index in [1.807, 2.05) is 24.0 Å². The molecule has 0 saturated carbocycles. The van der Waals surface area contributed by atoms with E-state index in [4.69, 9.17) is 14.6 Å². The maximum Gasteiger partial charge on any atom is 0.490 e. The molecular formula is C20H27F3N6O4. The summed E-state index contributed by atoms with van der Waals surface area (Å²) in [7, 11) is 0. The van der Waals surface area contributed by atoms with Crippen molar-refractivity contribution < 1.29 is 32.6 Å². The number of anilines is 1. The van der Waals surface area contributed by atoms with Gasteiger partial charge < -0.3 is 25.4 Å². The smallest absolute Gasteiger partial charge is 0.475 e. The van der Waals surface area contributed by atoms with E-state index in [0.29, 0.717) is 17.8 Å². The number of ether oxygens (including phenoxy) is 1. The third-order valence-corrected chi connectivity index (χ3v) is 5.42. The number of amides is 2. The molecule has 4 rings (SSSR count). The number of aryl methyl sites for hydroxylation is 1. The second-order valence-electron chi connectivity index (χ2n) is 7.99. The van der Waals surface area contributed by atoms with Gasteiger partial charge in [0, 0.05) is 26.2 Å². The summed E-state index contributed by atoms with van der Waals surface area (Å²) in [5.41, 5.74) is 1.50. The van der Waals surface area contributed by atoms with E-state index in [-0.39, 0.29) is 6.03 Å². The van der Waals surface area contributed by atoms with Crippen LogP contribution in [0.2, 0.25) is 0 Å². The first kappa shape index (κ1) is 24.7. The van der Waals surface area contributed by atoms with Crippen LogP contribution in [0.25, 0.3) is 5.65 Å². The molecule has 2 saturated heterocycles. The van der Waals surface area contributed by atoms with Gasteiger partial charge >= 0.3 is 18.2 Å². The molecular weight excluding hydrogens is 445 g/mol. The van der Waals surface area contributed by atoms with Crippen molar-refractivity contribution in [2.75, 3.05) is 38.1 Å². The largest absolute Gasteiger partial charge is 0.490 e. The highest BCUT2D eigenvalue weighted by Gasteiger charge is 2.38. The van der Waals surface area contributed by atoms with Gasteiger partial charge in [-0.25, -0.2) is 19.1 Å². The number of likely N-dealkylation sites (tertiary alicyclic amines) is 1. The number of halogens is 3. The van der Waals surface area contributed by atoms with Crippen LogP contribution in [0.3, 0.4) is 0 Å². The first-order chi connectivity index (χ1) is 15.6. The van der Waals surface area contributed by atoms with Crippen molar-refractivity contribution in [2.45, 2.75) is 38.5 Å². The molecule has 182 valence electrons. The molecule has 3 N–H and O–H groups in total. The standard InChI is InChI=1S/C18H26N6O2.C2HF3O2/c1-13-20-17-3-2-15(11-24(17)22-13)21-18(25)23-8-5-14(6-9-23)12-26-16-4-7-19-10-16;3-2(4,5)1(6)7/h2-3,11,14,16,19H,4-10,12H2,1H3,(H,21,25);(H,6,7). The molecule has 0 aliphatic carbocycles. The fourth-order valence-electron chi connectivity index (χ4n) is 3.62. The van der Waals surface area contributed by atoms with Gasteiger partial charge in [-0.3, -0.25) is 0 Å². The summed E-state index contributed by atoms with van der Waals surface area (Å²) in [6, 6.07) is 3.66. The second-order valence-corrected chi connectivity index (χ2v) is 7.99. The summed E-state index contributed by atoms with van der Waals surface area (Å²) in [6.45, 7) is 6.23. The molecule has 4 heterocycles. The minimum Gasteiger partial charge on any atom is -0.475 e. The number of urea groups is 1. The predicted octanol–water partition coefficient (Wildman–Crippen LogP) is 2.29. The number of hydrogen-bond acceptors (Lipinski definition) is 6. The summed E-state index contributed by atoms with van der Waals surface area (Å²) in [5.74, 6) is -1.49. The first-order valence-corrected chi connectivity index (χ1v) is 10.6. The van der Waals surface area contributed by atoms with Gasteiger partial charge in [-0.05, 0) is 50.8 Å². The molecule has 2 amide bonds. The van der Waals surface area contributed by atoms with Gasteiger partial charge in [0.05, 0.1) is 18.0 Å². The monoisotopic (exact) mass is 472 g/mol. The molecule has 0 aromatic carbocycles. The average Bonchev–Trinajstić information content (AvgIpc) is 3.40. The summed E-state index contributed by atoms with van der Waals surface area (Å²) >= 11 is 0. The Hall–Kier alpha value is -2.93. The maximum atomic E-state index is 12.5. The molecule has 33 heavy (non-hydrogen) atoms. The normalized spacial score (nSPS) is 19.3. The first-order valence-electron chi connectivity index (χ1n) is 10.6. The Morgan fingerprint density at radius 3 is 2.58 bits per heavy atom. The number of nitrogens with one attached hydrogen (secondary N) is 2. The highest BCUT2D eigenvalue weighted by Crippen LogP contribution is 2.20. The number of fused-ring (bicyclic) bond motifs is 1. The number of piperidine rings is 1. The van der Waals surface area contributed by atoms with Crippen LogP contribution in [0, 0.1) is 12.8 Å². The van der Waals surface area contributed by atoms with Crippen LogP contribution in [0.1, 0.15) is 25.1 Å². The van der Waals surface area contributed by atoms with Crippen LogP contribution in [0.5, 0.6) is 0 Å². The Bertz CT molecular complexity index is 953. The Balaban J connectivity index is 0.000000383. The zero-order chi connectivity index (χ0) is 24.0. The molecule has 1 atom stereocenters. The van der Waals surface area contributed by atoms with E-state index in [1.165, 1.54) is 0 Å². The van der Waals surface area contributed by atoms with Gasteiger partial charge in [-0.15, -0.1) is 0 Å². The Kier molecular flexibility index (Phi) is 8.08. The van der Waals surface area contributed by atoms with E-state index in [9.17, 15) is 18.0 Å². The molecule has 2 fully saturated rings. The number of carbonyl (C=O) groups excluding carboxylic acids is 1. The van der Waals surface area contributed by atoms with E-state index in [2.05, 4.69) is 20.7 Å². The number of nitrogens with zero attached hydrogens (tertiary/aromatic N) is 4. The van der Waals surface area contributed by atoms with Crippen LogP contribution >= 0.6 is 0 Å². The highest BCUT2D eigenvalue weighted by molar-refractivity contribution is 5.89. The quantitative estimate of drug-likeness (QED) is 0.624. The molecule has 2 aliphatic rings. The van der Waals surface area contributed by atoms with E-state index in [1.54, 1.807) is 10.7 Å². The Morgan fingerprint density at radius 1 is 1.27 bits per heavy atom. The van der Waals surface area contributed by atoms with E-state index in [0.717, 1.165) is 63.4 Å². The van der Waals surface area contributed by atoms with Crippen molar-refractivity contribution in [1.29, 1.82) is 0 Å². The van der Waals surface area contributed by atoms with Gasteiger partial charge in [0.1, 0.15) is 5.82 Å². The number of hydrogen-bond donors (Lipinski definition) is 3. The number of alkyl halides is 3. The molecule has 13 heteroatoms. The van der Waals surface area contributed by atoms with Crippen LogP contribution in [-0.4, -0.2) is 81.7 Å². The Morgan fingerprint density at radius 2 is 1.97 bits per heavy atom. The van der Waals surface area contributed by atoms with Crippen LogP contribution in [0.4, 0.5) is 23.7 Å². The molecule has 2 aliphatic heterocycles. The summed E-state index contributed by atoms with van der Waals surface area (Å²) in [6.07, 6.45) is 0.177. The van der Waals surface area contributed by atoms with Crippen LogP contribution in [0.15, 0.2) is 18.3 Å². The van der Waals surface area contributed by atoms with Crippen LogP contribution < -0.4 is 10.6 Å². The third-order valence-electron chi connectivity index (χ3n) is 5.42.